The van der Waals surface area contributed by atoms with Gasteiger partial charge in [-0.1, -0.05) is 12.8 Å². The van der Waals surface area contributed by atoms with Gasteiger partial charge >= 0.3 is 0 Å². The number of hydrogen-bond acceptors (Lipinski definition) is 5. The molecule has 0 saturated heterocycles. The van der Waals surface area contributed by atoms with E-state index in [0.29, 0.717) is 10.0 Å². The molecule has 1 fully saturated rings. The molecule has 0 spiro atoms. The highest BCUT2D eigenvalue weighted by atomic mass is 35.5. The first-order chi connectivity index (χ1) is 9.22. The van der Waals surface area contributed by atoms with E-state index in [1.165, 1.54) is 25.7 Å². The van der Waals surface area contributed by atoms with Crippen LogP contribution in [0.3, 0.4) is 0 Å². The lowest BCUT2D eigenvalue weighted by Gasteiger charge is -2.27. The van der Waals surface area contributed by atoms with Crippen molar-refractivity contribution in [3.05, 3.63) is 16.7 Å². The summed E-state index contributed by atoms with van der Waals surface area (Å²) in [6, 6.07) is 2.05. The van der Waals surface area contributed by atoms with Crippen LogP contribution in [0.1, 0.15) is 25.7 Å². The van der Waals surface area contributed by atoms with Crippen molar-refractivity contribution in [2.24, 2.45) is 0 Å². The molecule has 0 amide bonds. The average molecular weight is 314 g/mol. The number of anilines is 1. The fourth-order valence-corrected chi connectivity index (χ4v) is 4.58. The lowest BCUT2D eigenvalue weighted by Crippen LogP contribution is -2.30. The zero-order valence-electron chi connectivity index (χ0n) is 10.8. The number of rotatable bonds is 4. The van der Waals surface area contributed by atoms with Crippen molar-refractivity contribution >= 4 is 50.7 Å². The van der Waals surface area contributed by atoms with Crippen LogP contribution in [-0.4, -0.2) is 27.5 Å². The van der Waals surface area contributed by atoms with Crippen molar-refractivity contribution in [3.63, 3.8) is 0 Å². The Kier molecular flexibility index (Phi) is 3.87. The first kappa shape index (κ1) is 13.5. The number of hydrogen-bond donors (Lipinski definition) is 1. The average Bonchev–Trinajstić information content (AvgIpc) is 3.05. The molecule has 3 nitrogen and oxygen atoms in total. The van der Waals surface area contributed by atoms with Gasteiger partial charge in [-0.3, -0.25) is 0 Å². The largest absolute Gasteiger partial charge is 0.368 e. The van der Waals surface area contributed by atoms with E-state index in [4.69, 9.17) is 11.6 Å². The standard InChI is InChI=1S/C13H16ClN3S2/c1-18-13(5-2-3-6-13)8-15-10-9-4-7-19-11(9)17-12(14)16-10/h4,7H,2-3,5-6,8H2,1H3,(H,15,16,17). The summed E-state index contributed by atoms with van der Waals surface area (Å²) in [5.41, 5.74) is 0. The van der Waals surface area contributed by atoms with Gasteiger partial charge in [0, 0.05) is 11.3 Å². The van der Waals surface area contributed by atoms with Crippen LogP contribution >= 0.6 is 34.7 Å². The number of nitrogens with zero attached hydrogens (tertiary/aromatic N) is 2. The molecule has 1 aliphatic carbocycles. The summed E-state index contributed by atoms with van der Waals surface area (Å²) >= 11 is 9.56. The molecule has 1 saturated carbocycles. The molecule has 1 aliphatic rings. The topological polar surface area (TPSA) is 37.8 Å². The molecule has 0 atom stereocenters. The van der Waals surface area contributed by atoms with E-state index in [-0.39, 0.29) is 0 Å². The zero-order chi connectivity index (χ0) is 13.3. The Bertz CT molecular complexity index is 578. The number of fused-ring (bicyclic) bond motifs is 1. The third-order valence-corrected chi connectivity index (χ3v) is 6.22. The van der Waals surface area contributed by atoms with Gasteiger partial charge in [0.15, 0.2) is 0 Å². The number of thioether (sulfide) groups is 1. The summed E-state index contributed by atoms with van der Waals surface area (Å²) in [5, 5.41) is 6.92. The van der Waals surface area contributed by atoms with Crippen LogP contribution in [0.25, 0.3) is 10.2 Å². The minimum atomic E-state index is 0.321. The second-order valence-corrected chi connectivity index (χ2v) is 7.44. The summed E-state index contributed by atoms with van der Waals surface area (Å²) in [4.78, 5) is 9.53. The Morgan fingerprint density at radius 2 is 2.21 bits per heavy atom. The fraction of sp³-hybridized carbons (Fsp3) is 0.538. The van der Waals surface area contributed by atoms with Gasteiger partial charge in [-0.25, -0.2) is 9.97 Å². The van der Waals surface area contributed by atoms with Crippen LogP contribution in [0.2, 0.25) is 5.28 Å². The van der Waals surface area contributed by atoms with Gasteiger partial charge in [-0.15, -0.1) is 11.3 Å². The second-order valence-electron chi connectivity index (χ2n) is 4.93. The molecule has 102 valence electrons. The second kappa shape index (κ2) is 5.46. The monoisotopic (exact) mass is 313 g/mol. The molecule has 0 aromatic carbocycles. The Morgan fingerprint density at radius 1 is 1.42 bits per heavy atom. The molecule has 3 rings (SSSR count). The highest BCUT2D eigenvalue weighted by molar-refractivity contribution is 8.00. The lowest BCUT2D eigenvalue weighted by molar-refractivity contribution is 0.639. The van der Waals surface area contributed by atoms with Gasteiger partial charge in [0.25, 0.3) is 0 Å². The Balaban J connectivity index is 1.83. The van der Waals surface area contributed by atoms with Crippen LogP contribution in [0, 0.1) is 0 Å². The van der Waals surface area contributed by atoms with E-state index < -0.39 is 0 Å². The van der Waals surface area contributed by atoms with Gasteiger partial charge in [0.2, 0.25) is 5.28 Å². The van der Waals surface area contributed by atoms with Gasteiger partial charge in [0.1, 0.15) is 10.6 Å². The molecular weight excluding hydrogens is 298 g/mol. The maximum Gasteiger partial charge on any atom is 0.225 e. The van der Waals surface area contributed by atoms with E-state index in [0.717, 1.165) is 22.6 Å². The van der Waals surface area contributed by atoms with E-state index >= 15 is 0 Å². The first-order valence-corrected chi connectivity index (χ1v) is 8.90. The van der Waals surface area contributed by atoms with Crippen LogP contribution in [0.5, 0.6) is 0 Å². The molecule has 0 bridgehead atoms. The van der Waals surface area contributed by atoms with Crippen molar-refractivity contribution in [3.8, 4) is 0 Å². The Morgan fingerprint density at radius 3 is 2.95 bits per heavy atom. The molecule has 2 aromatic heterocycles. The predicted molar refractivity (Wildman–Crippen MR) is 85.6 cm³/mol. The van der Waals surface area contributed by atoms with Crippen molar-refractivity contribution in [2.45, 2.75) is 30.4 Å². The quantitative estimate of drug-likeness (QED) is 0.847. The molecule has 19 heavy (non-hydrogen) atoms. The van der Waals surface area contributed by atoms with Gasteiger partial charge in [0.05, 0.1) is 5.39 Å². The van der Waals surface area contributed by atoms with E-state index in [1.807, 2.05) is 17.1 Å². The first-order valence-electron chi connectivity index (χ1n) is 6.42. The third kappa shape index (κ3) is 2.69. The lowest BCUT2D eigenvalue weighted by atomic mass is 10.1. The SMILES string of the molecule is CSC1(CNc2nc(Cl)nc3sccc23)CCCC1. The van der Waals surface area contributed by atoms with Gasteiger partial charge in [-0.2, -0.15) is 11.8 Å². The van der Waals surface area contributed by atoms with Gasteiger partial charge in [-0.05, 0) is 42.1 Å². The van der Waals surface area contributed by atoms with Crippen LogP contribution in [0.4, 0.5) is 5.82 Å². The maximum atomic E-state index is 5.98. The summed E-state index contributed by atoms with van der Waals surface area (Å²) in [7, 11) is 0. The van der Waals surface area contributed by atoms with Crippen LogP contribution < -0.4 is 5.32 Å². The molecule has 2 heterocycles. The summed E-state index contributed by atoms with van der Waals surface area (Å²) in [5.74, 6) is 0.872. The van der Waals surface area contributed by atoms with Crippen molar-refractivity contribution < 1.29 is 0 Å². The van der Waals surface area contributed by atoms with E-state index in [1.54, 1.807) is 11.3 Å². The van der Waals surface area contributed by atoms with Crippen molar-refractivity contribution in [1.82, 2.24) is 9.97 Å². The molecule has 0 radical (unpaired) electrons. The zero-order valence-corrected chi connectivity index (χ0v) is 13.2. The smallest absolute Gasteiger partial charge is 0.225 e. The molecule has 0 unspecified atom stereocenters. The highest BCUT2D eigenvalue weighted by Crippen LogP contribution is 2.40. The number of thiophene rings is 1. The van der Waals surface area contributed by atoms with Crippen LogP contribution in [-0.2, 0) is 0 Å². The van der Waals surface area contributed by atoms with Gasteiger partial charge < -0.3 is 5.32 Å². The number of nitrogens with one attached hydrogen (secondary N) is 1. The number of halogens is 1. The predicted octanol–water partition coefficient (Wildman–Crippen LogP) is 4.43. The molecular formula is C13H16ClN3S2. The molecule has 1 N–H and O–H groups in total. The Labute approximate surface area is 126 Å². The highest BCUT2D eigenvalue weighted by Gasteiger charge is 2.32. The normalized spacial score (nSPS) is 18.0. The molecule has 0 aliphatic heterocycles. The summed E-state index contributed by atoms with van der Waals surface area (Å²) in [6.07, 6.45) is 7.45. The number of aromatic nitrogens is 2. The summed E-state index contributed by atoms with van der Waals surface area (Å²) < 4.78 is 0.361. The minimum absolute atomic E-state index is 0.321. The van der Waals surface area contributed by atoms with Crippen molar-refractivity contribution in [2.75, 3.05) is 18.1 Å². The Hall–Kier alpha value is -0.520. The fourth-order valence-electron chi connectivity index (χ4n) is 2.68. The minimum Gasteiger partial charge on any atom is -0.368 e. The van der Waals surface area contributed by atoms with E-state index in [2.05, 4.69) is 27.6 Å². The molecule has 2 aromatic rings. The third-order valence-electron chi connectivity index (χ3n) is 3.82. The molecule has 6 heteroatoms. The summed E-state index contributed by atoms with van der Waals surface area (Å²) in [6.45, 7) is 0.951. The van der Waals surface area contributed by atoms with Crippen LogP contribution in [0.15, 0.2) is 11.4 Å². The van der Waals surface area contributed by atoms with E-state index in [9.17, 15) is 0 Å². The van der Waals surface area contributed by atoms with Crippen molar-refractivity contribution in [1.29, 1.82) is 0 Å². The maximum absolute atomic E-state index is 5.98.